The first-order valence-corrected chi connectivity index (χ1v) is 7.59. The van der Waals surface area contributed by atoms with E-state index in [1.165, 1.54) is 27.4 Å². The molecule has 0 aromatic carbocycles. The van der Waals surface area contributed by atoms with Crippen molar-refractivity contribution in [3.63, 3.8) is 0 Å². The zero-order valence-electron chi connectivity index (χ0n) is 16.9. The molecule has 0 saturated carbocycles. The van der Waals surface area contributed by atoms with Gasteiger partial charge in [0.1, 0.15) is 0 Å². The van der Waals surface area contributed by atoms with Crippen LogP contribution in [0.2, 0.25) is 0 Å². The van der Waals surface area contributed by atoms with Gasteiger partial charge in [0.25, 0.3) is 0 Å². The largest absolute Gasteiger partial charge is 0.469 e. The van der Waals surface area contributed by atoms with Crippen LogP contribution in [0.1, 0.15) is 46.7 Å². The van der Waals surface area contributed by atoms with Gasteiger partial charge in [-0.2, -0.15) is 0 Å². The number of methoxy groups -OCH3 is 1. The van der Waals surface area contributed by atoms with Crippen molar-refractivity contribution < 1.29 is 14.3 Å². The molecule has 0 atom stereocenters. The second kappa shape index (κ2) is 25.7. The maximum absolute atomic E-state index is 9.70. The lowest BCUT2D eigenvalue weighted by atomic mass is 10.6. The zero-order valence-corrected chi connectivity index (χ0v) is 16.9. The summed E-state index contributed by atoms with van der Waals surface area (Å²) in [6, 6.07) is 0. The van der Waals surface area contributed by atoms with Gasteiger partial charge in [-0.1, -0.05) is 25.5 Å². The van der Waals surface area contributed by atoms with E-state index >= 15 is 0 Å². The summed E-state index contributed by atoms with van der Waals surface area (Å²) in [6.07, 6.45) is 4.86. The van der Waals surface area contributed by atoms with E-state index < -0.39 is 0 Å². The molecule has 1 amide bonds. The SMILES string of the molecule is CC=NC.CCC.CNC(C)=O.COC(C)=O.Cc1cn(C)nn1. The Bertz CT molecular complexity index is 383. The van der Waals surface area contributed by atoms with Gasteiger partial charge in [-0.05, 0) is 20.1 Å². The second-order valence-corrected chi connectivity index (χ2v) is 4.26. The Kier molecular flexibility index (Phi) is 31.8. The topological polar surface area (TPSA) is 98.5 Å². The molecule has 8 heteroatoms. The highest BCUT2D eigenvalue weighted by atomic mass is 16.5. The lowest BCUT2D eigenvalue weighted by Gasteiger charge is -1.80. The smallest absolute Gasteiger partial charge is 0.302 e. The van der Waals surface area contributed by atoms with Gasteiger partial charge in [0.15, 0.2) is 0 Å². The Morgan fingerprint density at radius 1 is 1.38 bits per heavy atom. The summed E-state index contributed by atoms with van der Waals surface area (Å²) in [4.78, 5) is 22.9. The van der Waals surface area contributed by atoms with Crippen LogP contribution < -0.4 is 5.32 Å². The molecule has 8 nitrogen and oxygen atoms in total. The van der Waals surface area contributed by atoms with E-state index in [1.54, 1.807) is 25.0 Å². The number of nitrogens with zero attached hydrogens (tertiary/aromatic N) is 4. The summed E-state index contributed by atoms with van der Waals surface area (Å²) >= 11 is 0. The van der Waals surface area contributed by atoms with E-state index in [4.69, 9.17) is 0 Å². The predicted octanol–water partition coefficient (Wildman–Crippen LogP) is 2.18. The number of hydrogen-bond donors (Lipinski definition) is 1. The quantitative estimate of drug-likeness (QED) is 0.574. The Morgan fingerprint density at radius 2 is 1.71 bits per heavy atom. The maximum Gasteiger partial charge on any atom is 0.302 e. The van der Waals surface area contributed by atoms with Gasteiger partial charge in [-0.15, -0.1) is 5.10 Å². The molecule has 1 rings (SSSR count). The Balaban J connectivity index is -0.000000108. The molecule has 0 spiro atoms. The molecule has 0 aliphatic carbocycles. The van der Waals surface area contributed by atoms with Crippen LogP contribution in [0.5, 0.6) is 0 Å². The first-order chi connectivity index (χ1) is 11.2. The monoisotopic (exact) mass is 345 g/mol. The van der Waals surface area contributed by atoms with E-state index in [9.17, 15) is 9.59 Å². The van der Waals surface area contributed by atoms with Crippen LogP contribution in [0.4, 0.5) is 0 Å². The molecule has 0 aliphatic heterocycles. The minimum atomic E-state index is -0.245. The minimum absolute atomic E-state index is 0.00463. The number of ether oxygens (including phenoxy) is 1. The molecular formula is C16H35N5O3. The van der Waals surface area contributed by atoms with Gasteiger partial charge in [-0.25, -0.2) is 0 Å². The Morgan fingerprint density at radius 3 is 1.75 bits per heavy atom. The van der Waals surface area contributed by atoms with Crippen molar-refractivity contribution in [2.24, 2.45) is 12.0 Å². The molecule has 0 unspecified atom stereocenters. The molecule has 24 heavy (non-hydrogen) atoms. The summed E-state index contributed by atoms with van der Waals surface area (Å²) in [6.45, 7) is 10.9. The summed E-state index contributed by atoms with van der Waals surface area (Å²) in [5.41, 5.74) is 0.961. The van der Waals surface area contributed by atoms with Crippen LogP contribution in [0, 0.1) is 6.92 Å². The van der Waals surface area contributed by atoms with E-state index in [0.717, 1.165) is 5.69 Å². The molecule has 1 heterocycles. The minimum Gasteiger partial charge on any atom is -0.469 e. The first-order valence-electron chi connectivity index (χ1n) is 7.59. The van der Waals surface area contributed by atoms with Crippen molar-refractivity contribution in [1.82, 2.24) is 20.3 Å². The van der Waals surface area contributed by atoms with Gasteiger partial charge >= 0.3 is 5.97 Å². The molecular weight excluding hydrogens is 310 g/mol. The number of aryl methyl sites for hydroxylation is 2. The average Bonchev–Trinajstić information content (AvgIpc) is 2.92. The fourth-order valence-electron chi connectivity index (χ4n) is 0.463. The molecule has 0 fully saturated rings. The number of hydrogen-bond acceptors (Lipinski definition) is 6. The van der Waals surface area contributed by atoms with Gasteiger partial charge < -0.3 is 15.0 Å². The normalized spacial score (nSPS) is 7.92. The first kappa shape index (κ1) is 29.7. The number of rotatable bonds is 0. The highest BCUT2D eigenvalue weighted by Gasteiger charge is 1.83. The third-order valence-corrected chi connectivity index (χ3v) is 1.61. The van der Waals surface area contributed by atoms with Crippen molar-refractivity contribution in [1.29, 1.82) is 0 Å². The Hall–Kier alpha value is -2.25. The summed E-state index contributed by atoms with van der Waals surface area (Å²) in [7, 11) is 6.55. The Labute approximate surface area is 146 Å². The predicted molar refractivity (Wildman–Crippen MR) is 99.2 cm³/mol. The van der Waals surface area contributed by atoms with Crippen LogP contribution >= 0.6 is 0 Å². The van der Waals surface area contributed by atoms with E-state index in [1.807, 2.05) is 27.1 Å². The average molecular weight is 345 g/mol. The fraction of sp³-hybridized carbons (Fsp3) is 0.688. The molecule has 1 N–H and O–H groups in total. The van der Waals surface area contributed by atoms with Gasteiger partial charge in [0.2, 0.25) is 5.91 Å². The molecule has 0 saturated heterocycles. The van der Waals surface area contributed by atoms with Crippen molar-refractivity contribution >= 4 is 18.1 Å². The fourth-order valence-corrected chi connectivity index (χ4v) is 0.463. The molecule has 1 aromatic rings. The molecule has 0 aliphatic rings. The van der Waals surface area contributed by atoms with Crippen molar-refractivity contribution in [2.75, 3.05) is 21.2 Å². The van der Waals surface area contributed by atoms with Crippen LogP contribution in [0.25, 0.3) is 0 Å². The van der Waals surface area contributed by atoms with Crippen molar-refractivity contribution in [3.8, 4) is 0 Å². The van der Waals surface area contributed by atoms with Crippen LogP contribution in [-0.2, 0) is 21.4 Å². The molecule has 0 bridgehead atoms. The van der Waals surface area contributed by atoms with Gasteiger partial charge in [-0.3, -0.25) is 14.3 Å². The number of amides is 1. The summed E-state index contributed by atoms with van der Waals surface area (Å²) in [5.74, 6) is -0.241. The summed E-state index contributed by atoms with van der Waals surface area (Å²) in [5, 5.41) is 9.80. The van der Waals surface area contributed by atoms with E-state index in [-0.39, 0.29) is 11.9 Å². The number of esters is 1. The van der Waals surface area contributed by atoms with Gasteiger partial charge in [0, 0.05) is 41.2 Å². The highest BCUT2D eigenvalue weighted by molar-refractivity contribution is 5.72. The standard InChI is InChI=1S/C4H7N3.C3H7NO.C3H7N.C3H6O2.C3H8/c1-4-3-7(2)6-5-4;1-3(5)4-2;1-3-4-2;1-3(4)5-2;1-3-2/h3H,1-2H3;1-2H3,(H,4,5);3H,1-2H3;1-2H3;3H2,1-2H3. The maximum atomic E-state index is 9.70. The van der Waals surface area contributed by atoms with E-state index in [0.29, 0.717) is 0 Å². The number of carbonyl (C=O) groups is 2. The summed E-state index contributed by atoms with van der Waals surface area (Å²) < 4.78 is 5.79. The van der Waals surface area contributed by atoms with Crippen molar-refractivity contribution in [2.45, 2.75) is 48.0 Å². The molecule has 142 valence electrons. The van der Waals surface area contributed by atoms with Crippen LogP contribution in [0.15, 0.2) is 11.2 Å². The van der Waals surface area contributed by atoms with Crippen LogP contribution in [0.3, 0.4) is 0 Å². The second-order valence-electron chi connectivity index (χ2n) is 4.26. The number of carbonyl (C=O) groups excluding carboxylic acids is 2. The lowest BCUT2D eigenvalue weighted by molar-refractivity contribution is -0.137. The third-order valence-electron chi connectivity index (χ3n) is 1.61. The van der Waals surface area contributed by atoms with Crippen molar-refractivity contribution in [3.05, 3.63) is 11.9 Å². The third kappa shape index (κ3) is 50.3. The van der Waals surface area contributed by atoms with E-state index in [2.05, 4.69) is 39.2 Å². The lowest BCUT2D eigenvalue weighted by Crippen LogP contribution is -2.11. The molecule has 0 radical (unpaired) electrons. The number of nitrogens with one attached hydrogen (secondary N) is 1. The zero-order chi connectivity index (χ0) is 20.0. The molecule has 1 aromatic heterocycles. The highest BCUT2D eigenvalue weighted by Crippen LogP contribution is 1.82. The van der Waals surface area contributed by atoms with Gasteiger partial charge in [0.05, 0.1) is 12.8 Å². The number of aromatic nitrogens is 3. The number of aliphatic imine (C=N–C) groups is 1. The van der Waals surface area contributed by atoms with Crippen LogP contribution in [-0.4, -0.2) is 54.3 Å².